The van der Waals surface area contributed by atoms with E-state index in [1.165, 1.54) is 11.3 Å². The first-order valence-corrected chi connectivity index (χ1v) is 10.6. The van der Waals surface area contributed by atoms with E-state index in [2.05, 4.69) is 5.10 Å². The first-order valence-electron chi connectivity index (χ1n) is 8.02. The van der Waals surface area contributed by atoms with E-state index in [1.807, 2.05) is 49.4 Å². The molecule has 136 valence electrons. The molecule has 0 aliphatic rings. The maximum Gasteiger partial charge on any atom is 0.336 e. The smallest absolute Gasteiger partial charge is 0.336 e. The van der Waals surface area contributed by atoms with Crippen molar-refractivity contribution in [1.82, 2.24) is 9.78 Å². The molecule has 0 amide bonds. The van der Waals surface area contributed by atoms with E-state index >= 15 is 0 Å². The van der Waals surface area contributed by atoms with Gasteiger partial charge in [-0.3, -0.25) is 0 Å². The van der Waals surface area contributed by atoms with Crippen LogP contribution in [0.5, 0.6) is 0 Å². The summed E-state index contributed by atoms with van der Waals surface area (Å²) < 4.78 is 8.53. The largest absolute Gasteiger partial charge is 0.423 e. The van der Waals surface area contributed by atoms with Crippen LogP contribution in [0, 0.1) is 10.9 Å². The van der Waals surface area contributed by atoms with Crippen LogP contribution in [0.3, 0.4) is 0 Å². The third-order valence-corrected chi connectivity index (χ3v) is 6.60. The fraction of sp³-hybridized carbons (Fsp3) is 0.105. The summed E-state index contributed by atoms with van der Waals surface area (Å²) in [7, 11) is 0. The Balaban J connectivity index is 1.62. The summed E-state index contributed by atoms with van der Waals surface area (Å²) >= 11 is 14.4. The molecule has 0 atom stereocenters. The summed E-state index contributed by atoms with van der Waals surface area (Å²) in [6.07, 6.45) is 0. The Kier molecular flexibility index (Phi) is 5.19. The maximum absolute atomic E-state index is 11.9. The van der Waals surface area contributed by atoms with Crippen LogP contribution < -0.4 is 5.63 Å². The lowest BCUT2D eigenvalue weighted by molar-refractivity contribution is 0.559. The highest BCUT2D eigenvalue weighted by Crippen LogP contribution is 2.29. The molecule has 0 radical (unpaired) electrons. The fourth-order valence-electron chi connectivity index (χ4n) is 2.66. The van der Waals surface area contributed by atoms with Gasteiger partial charge in [0.2, 0.25) is 0 Å². The summed E-state index contributed by atoms with van der Waals surface area (Å²) in [6, 6.07) is 14.8. The normalized spacial score (nSPS) is 11.2. The molecule has 4 aromatic rings. The predicted molar refractivity (Wildman–Crippen MR) is 114 cm³/mol. The minimum Gasteiger partial charge on any atom is -0.423 e. The van der Waals surface area contributed by atoms with Gasteiger partial charge < -0.3 is 4.42 Å². The third-order valence-electron chi connectivity index (χ3n) is 3.94. The molecule has 0 bridgehead atoms. The van der Waals surface area contributed by atoms with Crippen LogP contribution in [-0.2, 0) is 5.75 Å². The van der Waals surface area contributed by atoms with E-state index in [4.69, 9.17) is 28.2 Å². The van der Waals surface area contributed by atoms with Crippen molar-refractivity contribution in [3.8, 4) is 5.69 Å². The fourth-order valence-corrected chi connectivity index (χ4v) is 5.14. The van der Waals surface area contributed by atoms with Gasteiger partial charge in [0.15, 0.2) is 8.29 Å². The molecule has 2 aromatic carbocycles. The van der Waals surface area contributed by atoms with Crippen molar-refractivity contribution in [3.63, 3.8) is 0 Å². The molecule has 0 saturated carbocycles. The standard InChI is InChI=1S/C19H13ClN2O2S3/c1-11-2-7-15-12(9-17(23)24-16(15)8-11)10-26-18-21-22(19(25)27-18)14-5-3-13(20)4-6-14/h2-9H,10H2,1H3. The predicted octanol–water partition coefficient (Wildman–Crippen LogP) is 6.02. The SMILES string of the molecule is Cc1ccc2c(CSc3nn(-c4ccc(Cl)cc4)c(=S)s3)cc(=O)oc2c1. The van der Waals surface area contributed by atoms with E-state index in [9.17, 15) is 4.79 Å². The molecule has 4 rings (SSSR count). The van der Waals surface area contributed by atoms with Crippen LogP contribution in [0.15, 0.2) is 62.1 Å². The Morgan fingerprint density at radius 3 is 2.78 bits per heavy atom. The maximum atomic E-state index is 11.9. The second-order valence-corrected chi connectivity index (χ2v) is 9.18. The molecule has 2 heterocycles. The number of nitrogens with zero attached hydrogens (tertiary/aromatic N) is 2. The van der Waals surface area contributed by atoms with Crippen molar-refractivity contribution in [2.24, 2.45) is 0 Å². The molecule has 4 nitrogen and oxygen atoms in total. The van der Waals surface area contributed by atoms with Gasteiger partial charge in [-0.15, -0.1) is 5.10 Å². The van der Waals surface area contributed by atoms with Gasteiger partial charge in [0.25, 0.3) is 0 Å². The van der Waals surface area contributed by atoms with Gasteiger partial charge in [-0.1, -0.05) is 46.8 Å². The minimum absolute atomic E-state index is 0.344. The highest BCUT2D eigenvalue weighted by atomic mass is 35.5. The van der Waals surface area contributed by atoms with Crippen LogP contribution >= 0.6 is 46.9 Å². The lowest BCUT2D eigenvalue weighted by atomic mass is 10.1. The number of thioether (sulfide) groups is 1. The molecule has 0 unspecified atom stereocenters. The van der Waals surface area contributed by atoms with Gasteiger partial charge in [-0.05, 0) is 60.6 Å². The molecule has 0 aliphatic heterocycles. The zero-order valence-electron chi connectivity index (χ0n) is 14.1. The van der Waals surface area contributed by atoms with E-state index < -0.39 is 0 Å². The van der Waals surface area contributed by atoms with Crippen molar-refractivity contribution in [2.75, 3.05) is 0 Å². The monoisotopic (exact) mass is 432 g/mol. The van der Waals surface area contributed by atoms with Crippen molar-refractivity contribution in [3.05, 3.63) is 79.1 Å². The topological polar surface area (TPSA) is 48.0 Å². The van der Waals surface area contributed by atoms with Gasteiger partial charge >= 0.3 is 5.63 Å². The number of halogens is 1. The van der Waals surface area contributed by atoms with Crippen molar-refractivity contribution in [2.45, 2.75) is 17.0 Å². The lowest BCUT2D eigenvalue weighted by Crippen LogP contribution is -2.00. The molecule has 27 heavy (non-hydrogen) atoms. The number of aryl methyl sites for hydroxylation is 1. The molecule has 0 aliphatic carbocycles. The van der Waals surface area contributed by atoms with Gasteiger partial charge in [0.1, 0.15) is 5.58 Å². The van der Waals surface area contributed by atoms with Crippen LogP contribution in [0.4, 0.5) is 0 Å². The molecule has 0 fully saturated rings. The number of fused-ring (bicyclic) bond motifs is 1. The molecule has 8 heteroatoms. The first kappa shape index (κ1) is 18.4. The summed E-state index contributed by atoms with van der Waals surface area (Å²) in [5, 5.41) is 6.20. The van der Waals surface area contributed by atoms with Crippen molar-refractivity contribution in [1.29, 1.82) is 0 Å². The molecule has 2 aromatic heterocycles. The Labute approximate surface area is 173 Å². The Hall–Kier alpha value is -1.93. The van der Waals surface area contributed by atoms with E-state index in [1.54, 1.807) is 22.5 Å². The van der Waals surface area contributed by atoms with E-state index in [0.717, 1.165) is 26.5 Å². The van der Waals surface area contributed by atoms with Crippen molar-refractivity contribution >= 4 is 57.9 Å². The van der Waals surface area contributed by atoms with Crippen LogP contribution in [0.1, 0.15) is 11.1 Å². The quantitative estimate of drug-likeness (QED) is 0.224. The van der Waals surface area contributed by atoms with Gasteiger partial charge in [-0.2, -0.15) is 0 Å². The number of hydrogen-bond acceptors (Lipinski definition) is 6. The third kappa shape index (κ3) is 4.01. The van der Waals surface area contributed by atoms with Crippen LogP contribution in [-0.4, -0.2) is 9.78 Å². The number of benzene rings is 2. The molecular weight excluding hydrogens is 420 g/mol. The Bertz CT molecular complexity index is 1240. The number of rotatable bonds is 4. The molecular formula is C19H13ClN2O2S3. The average molecular weight is 433 g/mol. The Morgan fingerprint density at radius 1 is 1.22 bits per heavy atom. The van der Waals surface area contributed by atoms with E-state index in [-0.39, 0.29) is 5.63 Å². The van der Waals surface area contributed by atoms with Crippen LogP contribution in [0.2, 0.25) is 5.02 Å². The van der Waals surface area contributed by atoms with Gasteiger partial charge in [0, 0.05) is 22.2 Å². The minimum atomic E-state index is -0.344. The summed E-state index contributed by atoms with van der Waals surface area (Å²) in [5.41, 5.74) is 3.11. The molecule has 0 N–H and O–H groups in total. The second-order valence-electron chi connectivity index (χ2n) is 5.90. The highest BCUT2D eigenvalue weighted by Gasteiger charge is 2.10. The van der Waals surface area contributed by atoms with Gasteiger partial charge in [-0.25, -0.2) is 9.48 Å². The highest BCUT2D eigenvalue weighted by molar-refractivity contribution is 8.00. The zero-order chi connectivity index (χ0) is 19.0. The van der Waals surface area contributed by atoms with Crippen LogP contribution in [0.25, 0.3) is 16.7 Å². The molecule has 0 spiro atoms. The Morgan fingerprint density at radius 2 is 2.00 bits per heavy atom. The average Bonchev–Trinajstić information content (AvgIpc) is 3.00. The number of hydrogen-bond donors (Lipinski definition) is 0. The number of aromatic nitrogens is 2. The van der Waals surface area contributed by atoms with E-state index in [0.29, 0.717) is 20.3 Å². The summed E-state index contributed by atoms with van der Waals surface area (Å²) in [4.78, 5) is 11.9. The summed E-state index contributed by atoms with van der Waals surface area (Å²) in [5.74, 6) is 0.605. The zero-order valence-corrected chi connectivity index (χ0v) is 17.3. The summed E-state index contributed by atoms with van der Waals surface area (Å²) in [6.45, 7) is 1.97. The first-order chi connectivity index (χ1) is 13.0. The van der Waals surface area contributed by atoms with Gasteiger partial charge in [0.05, 0.1) is 5.69 Å². The molecule has 0 saturated heterocycles. The lowest BCUT2D eigenvalue weighted by Gasteiger charge is -2.05. The second kappa shape index (κ2) is 7.59. The van der Waals surface area contributed by atoms with Crippen molar-refractivity contribution < 1.29 is 4.42 Å².